The summed E-state index contributed by atoms with van der Waals surface area (Å²) >= 11 is 0. The first-order valence-electron chi connectivity index (χ1n) is 5.03. The lowest BCUT2D eigenvalue weighted by atomic mass is 10.2. The molecule has 0 aliphatic rings. The summed E-state index contributed by atoms with van der Waals surface area (Å²) in [5.41, 5.74) is 6.92. The molecule has 1 atom stereocenters. The molecule has 0 saturated heterocycles. The lowest BCUT2D eigenvalue weighted by Gasteiger charge is -2.04. The molecule has 1 rings (SSSR count). The molecule has 3 N–H and O–H groups in total. The van der Waals surface area contributed by atoms with E-state index in [1.165, 1.54) is 0 Å². The normalized spacial score (nSPS) is 12.1. The summed E-state index contributed by atoms with van der Waals surface area (Å²) in [6.45, 7) is 0. The molecule has 1 aromatic carbocycles. The van der Waals surface area contributed by atoms with Gasteiger partial charge in [-0.1, -0.05) is 0 Å². The van der Waals surface area contributed by atoms with E-state index in [0.29, 0.717) is 24.3 Å². The van der Waals surface area contributed by atoms with Gasteiger partial charge < -0.3 is 11.1 Å². The van der Waals surface area contributed by atoms with E-state index in [-0.39, 0.29) is 5.91 Å². The molecule has 88 valence electrons. The predicted molar refractivity (Wildman–Crippen MR) is 67.7 cm³/mol. The smallest absolute Gasteiger partial charge is 0.224 e. The molecule has 0 radical (unpaired) electrons. The molecule has 0 spiro atoms. The molecule has 0 saturated carbocycles. The second-order valence-electron chi connectivity index (χ2n) is 3.55. The quantitative estimate of drug-likeness (QED) is 0.763. The van der Waals surface area contributed by atoms with Gasteiger partial charge in [0.25, 0.3) is 0 Å². The van der Waals surface area contributed by atoms with E-state index in [4.69, 9.17) is 5.73 Å². The Morgan fingerprint density at radius 2 is 2.00 bits per heavy atom. The summed E-state index contributed by atoms with van der Waals surface area (Å²) in [5, 5.41) is 2.75. The first-order chi connectivity index (χ1) is 7.58. The molecule has 0 heterocycles. The van der Waals surface area contributed by atoms with E-state index in [9.17, 15) is 9.00 Å². The van der Waals surface area contributed by atoms with E-state index < -0.39 is 10.8 Å². The minimum Gasteiger partial charge on any atom is -0.399 e. The monoisotopic (exact) mass is 240 g/mol. The van der Waals surface area contributed by atoms with E-state index in [1.54, 1.807) is 30.5 Å². The molecule has 16 heavy (non-hydrogen) atoms. The maximum Gasteiger partial charge on any atom is 0.224 e. The van der Waals surface area contributed by atoms with Crippen LogP contribution in [0.4, 0.5) is 11.4 Å². The van der Waals surface area contributed by atoms with Crippen molar-refractivity contribution in [3.8, 4) is 0 Å². The summed E-state index contributed by atoms with van der Waals surface area (Å²) < 4.78 is 10.8. The minimum atomic E-state index is -0.828. The summed E-state index contributed by atoms with van der Waals surface area (Å²) in [6.07, 6.45) is 2.67. The SMILES string of the molecule is CS(=O)CCCC(=O)Nc1ccc(N)cc1. The predicted octanol–water partition coefficient (Wildman–Crippen LogP) is 1.37. The summed E-state index contributed by atoms with van der Waals surface area (Å²) in [7, 11) is -0.828. The van der Waals surface area contributed by atoms with Crippen molar-refractivity contribution in [2.24, 2.45) is 0 Å². The van der Waals surface area contributed by atoms with Gasteiger partial charge in [0.15, 0.2) is 0 Å². The Morgan fingerprint density at radius 3 is 2.56 bits per heavy atom. The van der Waals surface area contributed by atoms with Gasteiger partial charge in [-0.3, -0.25) is 9.00 Å². The van der Waals surface area contributed by atoms with E-state index in [0.717, 1.165) is 5.69 Å². The molecule has 0 fully saturated rings. The van der Waals surface area contributed by atoms with Crippen LogP contribution in [0.15, 0.2) is 24.3 Å². The number of anilines is 2. The van der Waals surface area contributed by atoms with E-state index in [2.05, 4.69) is 5.32 Å². The van der Waals surface area contributed by atoms with Crippen LogP contribution in [0.2, 0.25) is 0 Å². The number of nitrogens with one attached hydrogen (secondary N) is 1. The van der Waals surface area contributed by atoms with Gasteiger partial charge in [0.2, 0.25) is 5.91 Å². The molecule has 0 bridgehead atoms. The zero-order valence-corrected chi connectivity index (χ0v) is 10.0. The number of carbonyl (C=O) groups is 1. The van der Waals surface area contributed by atoms with Crippen LogP contribution in [0.5, 0.6) is 0 Å². The lowest BCUT2D eigenvalue weighted by molar-refractivity contribution is -0.116. The maximum atomic E-state index is 11.4. The van der Waals surface area contributed by atoms with Crippen molar-refractivity contribution in [2.75, 3.05) is 23.1 Å². The average molecular weight is 240 g/mol. The number of benzene rings is 1. The number of carbonyl (C=O) groups excluding carboxylic acids is 1. The molecule has 4 nitrogen and oxygen atoms in total. The van der Waals surface area contributed by atoms with Crippen LogP contribution >= 0.6 is 0 Å². The molecule has 1 unspecified atom stereocenters. The van der Waals surface area contributed by atoms with Crippen LogP contribution in [0.25, 0.3) is 0 Å². The third-order valence-electron chi connectivity index (χ3n) is 2.03. The Hall–Kier alpha value is -1.36. The number of hydrogen-bond acceptors (Lipinski definition) is 3. The van der Waals surface area contributed by atoms with Crippen molar-refractivity contribution in [1.82, 2.24) is 0 Å². The zero-order chi connectivity index (χ0) is 12.0. The van der Waals surface area contributed by atoms with Gasteiger partial charge in [-0.25, -0.2) is 0 Å². The van der Waals surface area contributed by atoms with Gasteiger partial charge in [0.05, 0.1) is 0 Å². The molecule has 0 aromatic heterocycles. The highest BCUT2D eigenvalue weighted by Crippen LogP contribution is 2.10. The largest absolute Gasteiger partial charge is 0.399 e. The number of nitrogen functional groups attached to an aromatic ring is 1. The summed E-state index contributed by atoms with van der Waals surface area (Å²) in [4.78, 5) is 11.4. The highest BCUT2D eigenvalue weighted by molar-refractivity contribution is 7.84. The van der Waals surface area contributed by atoms with Gasteiger partial charge in [0, 0.05) is 40.6 Å². The van der Waals surface area contributed by atoms with Crippen LogP contribution in [-0.2, 0) is 15.6 Å². The molecule has 1 aromatic rings. The Bertz CT molecular complexity index is 376. The second kappa shape index (κ2) is 6.27. The Kier molecular flexibility index (Phi) is 4.98. The minimum absolute atomic E-state index is 0.0600. The van der Waals surface area contributed by atoms with Crippen LogP contribution < -0.4 is 11.1 Å². The van der Waals surface area contributed by atoms with Gasteiger partial charge in [-0.2, -0.15) is 0 Å². The van der Waals surface area contributed by atoms with Gasteiger partial charge >= 0.3 is 0 Å². The van der Waals surface area contributed by atoms with Crippen molar-refractivity contribution in [3.05, 3.63) is 24.3 Å². The Labute approximate surface area is 97.7 Å². The number of amides is 1. The van der Waals surface area contributed by atoms with Gasteiger partial charge in [-0.05, 0) is 30.7 Å². The summed E-state index contributed by atoms with van der Waals surface area (Å²) in [5.74, 6) is 0.505. The molecule has 1 amide bonds. The third kappa shape index (κ3) is 4.93. The molecular weight excluding hydrogens is 224 g/mol. The average Bonchev–Trinajstić information content (AvgIpc) is 2.21. The number of hydrogen-bond donors (Lipinski definition) is 2. The second-order valence-corrected chi connectivity index (χ2v) is 5.11. The van der Waals surface area contributed by atoms with Crippen LogP contribution in [0.3, 0.4) is 0 Å². The molecule has 5 heteroatoms. The highest BCUT2D eigenvalue weighted by Gasteiger charge is 2.02. The summed E-state index contributed by atoms with van der Waals surface area (Å²) in [6, 6.07) is 6.98. The van der Waals surface area contributed by atoms with Crippen molar-refractivity contribution >= 4 is 28.1 Å². The fourth-order valence-corrected chi connectivity index (χ4v) is 1.78. The van der Waals surface area contributed by atoms with Crippen molar-refractivity contribution < 1.29 is 9.00 Å². The standard InChI is InChI=1S/C11H16N2O2S/c1-16(15)8-2-3-11(14)13-10-6-4-9(12)5-7-10/h4-7H,2-3,8,12H2,1H3,(H,13,14). The fraction of sp³-hybridized carbons (Fsp3) is 0.364. The van der Waals surface area contributed by atoms with Crippen molar-refractivity contribution in [3.63, 3.8) is 0 Å². The van der Waals surface area contributed by atoms with Gasteiger partial charge in [-0.15, -0.1) is 0 Å². The maximum absolute atomic E-state index is 11.4. The van der Waals surface area contributed by atoms with Crippen LogP contribution in [0, 0.1) is 0 Å². The molecular formula is C11H16N2O2S. The molecule has 0 aliphatic carbocycles. The number of rotatable bonds is 5. The third-order valence-corrected chi connectivity index (χ3v) is 2.89. The van der Waals surface area contributed by atoms with Crippen molar-refractivity contribution in [2.45, 2.75) is 12.8 Å². The van der Waals surface area contributed by atoms with Crippen LogP contribution in [-0.4, -0.2) is 22.1 Å². The first-order valence-corrected chi connectivity index (χ1v) is 6.76. The Morgan fingerprint density at radius 1 is 1.38 bits per heavy atom. The first kappa shape index (κ1) is 12.7. The van der Waals surface area contributed by atoms with E-state index >= 15 is 0 Å². The zero-order valence-electron chi connectivity index (χ0n) is 9.23. The fourth-order valence-electron chi connectivity index (χ4n) is 1.23. The van der Waals surface area contributed by atoms with Crippen molar-refractivity contribution in [1.29, 1.82) is 0 Å². The molecule has 0 aliphatic heterocycles. The topological polar surface area (TPSA) is 72.2 Å². The van der Waals surface area contributed by atoms with Crippen LogP contribution in [0.1, 0.15) is 12.8 Å². The lowest BCUT2D eigenvalue weighted by Crippen LogP contribution is -2.12. The highest BCUT2D eigenvalue weighted by atomic mass is 32.2. The Balaban J connectivity index is 2.34. The van der Waals surface area contributed by atoms with Gasteiger partial charge in [0.1, 0.15) is 0 Å². The van der Waals surface area contributed by atoms with E-state index in [1.807, 2.05) is 0 Å². The number of nitrogens with two attached hydrogens (primary N) is 1.